The topological polar surface area (TPSA) is 106 Å². The Hall–Kier alpha value is -3.49. The second kappa shape index (κ2) is 6.43. The van der Waals surface area contributed by atoms with Gasteiger partial charge in [0.1, 0.15) is 5.69 Å². The van der Waals surface area contributed by atoms with Gasteiger partial charge in [0.25, 0.3) is 5.91 Å². The molecule has 1 fully saturated rings. The largest absolute Gasteiger partial charge is 0.407 e. The summed E-state index contributed by atoms with van der Waals surface area (Å²) < 4.78 is 6.99. The number of amides is 2. The number of carbonyl (C=O) groups excluding carboxylic acids is 2. The van der Waals surface area contributed by atoms with E-state index in [1.807, 2.05) is 30.3 Å². The number of benzene rings is 1. The van der Waals surface area contributed by atoms with Crippen LogP contribution in [0.4, 0.5) is 11.7 Å². The Bertz CT molecular complexity index is 948. The van der Waals surface area contributed by atoms with E-state index in [-0.39, 0.29) is 24.3 Å². The molecule has 4 rings (SSSR count). The van der Waals surface area contributed by atoms with Crippen molar-refractivity contribution in [1.29, 1.82) is 0 Å². The Morgan fingerprint density at radius 2 is 2.04 bits per heavy atom. The molecule has 1 aliphatic heterocycles. The summed E-state index contributed by atoms with van der Waals surface area (Å²) in [4.78, 5) is 26.1. The van der Waals surface area contributed by atoms with Crippen LogP contribution in [0.2, 0.25) is 0 Å². The Balaban J connectivity index is 1.46. The molecule has 0 bridgehead atoms. The monoisotopic (exact) mass is 352 g/mol. The molecule has 2 aromatic heterocycles. The maximum absolute atomic E-state index is 12.3. The fraction of sp³-hybridized carbons (Fsp3) is 0.235. The van der Waals surface area contributed by atoms with E-state index in [1.165, 1.54) is 10.9 Å². The second-order valence-corrected chi connectivity index (χ2v) is 5.98. The summed E-state index contributed by atoms with van der Waals surface area (Å²) in [6, 6.07) is 11.0. The van der Waals surface area contributed by atoms with Gasteiger partial charge in [-0.05, 0) is 18.2 Å². The average molecular weight is 352 g/mol. The molecular weight excluding hydrogens is 336 g/mol. The van der Waals surface area contributed by atoms with Crippen molar-refractivity contribution in [1.82, 2.24) is 20.0 Å². The molecule has 0 saturated carbocycles. The van der Waals surface area contributed by atoms with Gasteiger partial charge in [0.2, 0.25) is 11.8 Å². The molecule has 132 valence electrons. The number of nitrogens with zero attached hydrogens (tertiary/aromatic N) is 5. The fourth-order valence-corrected chi connectivity index (χ4v) is 2.94. The van der Waals surface area contributed by atoms with Gasteiger partial charge in [0.05, 0.1) is 5.92 Å². The second-order valence-electron chi connectivity index (χ2n) is 5.98. The van der Waals surface area contributed by atoms with E-state index in [4.69, 9.17) is 4.42 Å². The molecule has 0 radical (unpaired) electrons. The number of rotatable bonds is 4. The van der Waals surface area contributed by atoms with Crippen molar-refractivity contribution in [2.24, 2.45) is 7.05 Å². The summed E-state index contributed by atoms with van der Waals surface area (Å²) in [5.41, 5.74) is 1.21. The Morgan fingerprint density at radius 1 is 1.23 bits per heavy atom. The number of aryl methyl sites for hydroxylation is 1. The first-order valence-corrected chi connectivity index (χ1v) is 8.10. The van der Waals surface area contributed by atoms with E-state index in [9.17, 15) is 9.59 Å². The molecule has 1 saturated heterocycles. The highest BCUT2D eigenvalue weighted by Crippen LogP contribution is 2.31. The van der Waals surface area contributed by atoms with Gasteiger partial charge in [0.15, 0.2) is 0 Å². The van der Waals surface area contributed by atoms with Gasteiger partial charge in [0, 0.05) is 31.9 Å². The van der Waals surface area contributed by atoms with Gasteiger partial charge in [-0.15, -0.1) is 5.10 Å². The van der Waals surface area contributed by atoms with Crippen molar-refractivity contribution in [3.8, 4) is 0 Å². The smallest absolute Gasteiger partial charge is 0.322 e. The Kier molecular flexibility index (Phi) is 3.96. The highest BCUT2D eigenvalue weighted by Gasteiger charge is 2.35. The zero-order valence-electron chi connectivity index (χ0n) is 14.0. The summed E-state index contributed by atoms with van der Waals surface area (Å²) in [6.07, 6.45) is 1.81. The zero-order chi connectivity index (χ0) is 18.1. The van der Waals surface area contributed by atoms with Crippen LogP contribution < -0.4 is 10.2 Å². The third-order valence-electron chi connectivity index (χ3n) is 4.26. The minimum atomic E-state index is -0.395. The van der Waals surface area contributed by atoms with E-state index in [2.05, 4.69) is 20.6 Å². The fourth-order valence-electron chi connectivity index (χ4n) is 2.94. The van der Waals surface area contributed by atoms with E-state index in [1.54, 1.807) is 18.0 Å². The van der Waals surface area contributed by atoms with Crippen LogP contribution in [-0.2, 0) is 11.8 Å². The standard InChI is InChI=1S/C17H16N6O3/c1-22-13(7-8-18-22)15(25)19-17-21-20-16(26-17)11-9-14(24)23(10-11)12-5-3-2-4-6-12/h2-8,11H,9-10H2,1H3,(H,19,21,25). The van der Waals surface area contributed by atoms with Gasteiger partial charge in [-0.2, -0.15) is 5.10 Å². The minimum Gasteiger partial charge on any atom is -0.407 e. The van der Waals surface area contributed by atoms with E-state index in [0.717, 1.165) is 5.69 Å². The maximum atomic E-state index is 12.3. The molecule has 1 atom stereocenters. The summed E-state index contributed by atoms with van der Waals surface area (Å²) in [5.74, 6) is -0.275. The minimum absolute atomic E-state index is 0.000120. The molecule has 1 N–H and O–H groups in total. The number of hydrogen-bond acceptors (Lipinski definition) is 6. The molecule has 3 heterocycles. The first-order valence-electron chi connectivity index (χ1n) is 8.10. The van der Waals surface area contributed by atoms with Crippen molar-refractivity contribution in [3.05, 3.63) is 54.2 Å². The predicted molar refractivity (Wildman–Crippen MR) is 91.6 cm³/mol. The molecule has 9 heteroatoms. The van der Waals surface area contributed by atoms with Gasteiger partial charge in [-0.25, -0.2) is 0 Å². The lowest BCUT2D eigenvalue weighted by atomic mass is 10.1. The molecule has 0 spiro atoms. The van der Waals surface area contributed by atoms with E-state index in [0.29, 0.717) is 18.1 Å². The molecule has 0 aliphatic carbocycles. The van der Waals surface area contributed by atoms with Crippen LogP contribution in [0.3, 0.4) is 0 Å². The summed E-state index contributed by atoms with van der Waals surface area (Å²) >= 11 is 0. The van der Waals surface area contributed by atoms with Crippen LogP contribution in [0.5, 0.6) is 0 Å². The third-order valence-corrected chi connectivity index (χ3v) is 4.26. The molecule has 3 aromatic rings. The number of para-hydroxylation sites is 1. The lowest BCUT2D eigenvalue weighted by Crippen LogP contribution is -2.24. The Morgan fingerprint density at radius 3 is 2.77 bits per heavy atom. The lowest BCUT2D eigenvalue weighted by molar-refractivity contribution is -0.117. The number of hydrogen-bond donors (Lipinski definition) is 1. The highest BCUT2D eigenvalue weighted by atomic mass is 16.4. The normalized spacial score (nSPS) is 16.9. The van der Waals surface area contributed by atoms with Crippen molar-refractivity contribution in [2.45, 2.75) is 12.3 Å². The van der Waals surface area contributed by atoms with E-state index < -0.39 is 5.91 Å². The summed E-state index contributed by atoms with van der Waals surface area (Å²) in [7, 11) is 1.66. The van der Waals surface area contributed by atoms with E-state index >= 15 is 0 Å². The van der Waals surface area contributed by atoms with Crippen LogP contribution in [0.25, 0.3) is 0 Å². The van der Waals surface area contributed by atoms with Crippen LogP contribution in [0, 0.1) is 0 Å². The van der Waals surface area contributed by atoms with Crippen LogP contribution in [-0.4, -0.2) is 38.3 Å². The first-order chi connectivity index (χ1) is 12.6. The zero-order valence-corrected chi connectivity index (χ0v) is 14.0. The SMILES string of the molecule is Cn1nccc1C(=O)Nc1nnc(C2CC(=O)N(c3ccccc3)C2)o1. The number of aromatic nitrogens is 4. The molecule has 1 aromatic carbocycles. The summed E-state index contributed by atoms with van der Waals surface area (Å²) in [5, 5.41) is 14.3. The summed E-state index contributed by atoms with van der Waals surface area (Å²) in [6.45, 7) is 0.458. The van der Waals surface area contributed by atoms with Gasteiger partial charge < -0.3 is 9.32 Å². The van der Waals surface area contributed by atoms with Gasteiger partial charge in [-0.1, -0.05) is 23.3 Å². The molecule has 9 nitrogen and oxygen atoms in total. The number of carbonyl (C=O) groups is 2. The molecule has 26 heavy (non-hydrogen) atoms. The quantitative estimate of drug-likeness (QED) is 0.764. The van der Waals surface area contributed by atoms with Crippen LogP contribution in [0.1, 0.15) is 28.7 Å². The van der Waals surface area contributed by atoms with Crippen molar-refractivity contribution < 1.29 is 14.0 Å². The van der Waals surface area contributed by atoms with Gasteiger partial charge >= 0.3 is 6.01 Å². The Labute approximate surface area is 148 Å². The lowest BCUT2D eigenvalue weighted by Gasteiger charge is -2.15. The number of nitrogens with one attached hydrogen (secondary N) is 1. The number of anilines is 2. The molecule has 1 unspecified atom stereocenters. The predicted octanol–water partition coefficient (Wildman–Crippen LogP) is 1.58. The first kappa shape index (κ1) is 16.0. The van der Waals surface area contributed by atoms with Crippen molar-refractivity contribution >= 4 is 23.5 Å². The van der Waals surface area contributed by atoms with Crippen LogP contribution >= 0.6 is 0 Å². The van der Waals surface area contributed by atoms with Crippen molar-refractivity contribution in [3.63, 3.8) is 0 Å². The average Bonchev–Trinajstić information content (AvgIpc) is 3.35. The highest BCUT2D eigenvalue weighted by molar-refractivity contribution is 6.01. The van der Waals surface area contributed by atoms with Gasteiger partial charge in [-0.3, -0.25) is 19.6 Å². The molecular formula is C17H16N6O3. The molecule has 2 amide bonds. The van der Waals surface area contributed by atoms with Crippen LogP contribution in [0.15, 0.2) is 47.0 Å². The maximum Gasteiger partial charge on any atom is 0.322 e. The molecule has 1 aliphatic rings. The van der Waals surface area contributed by atoms with Crippen molar-refractivity contribution in [2.75, 3.05) is 16.8 Å². The third kappa shape index (κ3) is 2.94.